The smallest absolute Gasteiger partial charge is 0.368 e. The lowest BCUT2D eigenvalue weighted by molar-refractivity contribution is -0.131. The van der Waals surface area contributed by atoms with Crippen LogP contribution in [0.2, 0.25) is 0 Å². The number of imidazole rings is 1. The Morgan fingerprint density at radius 1 is 1.33 bits per heavy atom. The molecule has 9 heteroatoms. The van der Waals surface area contributed by atoms with E-state index in [0.717, 1.165) is 0 Å². The molecule has 0 radical (unpaired) electrons. The number of nitrogens with one attached hydrogen (secondary N) is 3. The molecule has 0 aromatic carbocycles. The minimum Gasteiger partial charge on any atom is -0.368 e. The summed E-state index contributed by atoms with van der Waals surface area (Å²) >= 11 is 0. The molecule has 98 valence electrons. The number of aromatic amines is 1. The maximum atomic E-state index is 12.1. The Kier molecular flexibility index (Phi) is 3.21. The second-order valence-electron chi connectivity index (χ2n) is 3.54. The Labute approximate surface area is 100 Å². The van der Waals surface area contributed by atoms with Gasteiger partial charge in [-0.05, 0) is 0 Å². The number of halogens is 3. The van der Waals surface area contributed by atoms with Crippen LogP contribution in [0.25, 0.3) is 11.2 Å². The lowest BCUT2D eigenvalue weighted by Crippen LogP contribution is -2.15. The number of hydrogen-bond donors (Lipinski definition) is 3. The topological polar surface area (TPSA) is 78.5 Å². The molecule has 0 atom stereocenters. The largest absolute Gasteiger partial charge is 0.390 e. The van der Waals surface area contributed by atoms with Gasteiger partial charge in [-0.25, -0.2) is 4.98 Å². The number of aromatic nitrogens is 4. The minimum atomic E-state index is -4.20. The highest BCUT2D eigenvalue weighted by molar-refractivity contribution is 5.83. The SMILES string of the molecule is CNc1nc(NCCC(F)(F)F)c2[nH]cnc2n1. The van der Waals surface area contributed by atoms with Gasteiger partial charge in [0.05, 0.1) is 12.7 Å². The highest BCUT2D eigenvalue weighted by Crippen LogP contribution is 2.21. The first-order valence-electron chi connectivity index (χ1n) is 5.19. The Morgan fingerprint density at radius 3 is 2.78 bits per heavy atom. The molecular formula is C9H11F3N6. The molecule has 2 aromatic heterocycles. The molecule has 0 saturated carbocycles. The molecule has 2 rings (SSSR count). The molecule has 0 unspecified atom stereocenters. The van der Waals surface area contributed by atoms with Crippen LogP contribution in [0.5, 0.6) is 0 Å². The van der Waals surface area contributed by atoms with Crippen molar-refractivity contribution in [1.29, 1.82) is 0 Å². The van der Waals surface area contributed by atoms with E-state index in [1.807, 2.05) is 0 Å². The van der Waals surface area contributed by atoms with Crippen molar-refractivity contribution in [2.45, 2.75) is 12.6 Å². The molecule has 0 saturated heterocycles. The second kappa shape index (κ2) is 4.67. The zero-order chi connectivity index (χ0) is 13.2. The van der Waals surface area contributed by atoms with Crippen molar-refractivity contribution in [3.8, 4) is 0 Å². The lowest BCUT2D eigenvalue weighted by atomic mass is 10.4. The van der Waals surface area contributed by atoms with Crippen LogP contribution in [-0.2, 0) is 0 Å². The van der Waals surface area contributed by atoms with Gasteiger partial charge in [0.15, 0.2) is 11.5 Å². The molecule has 6 nitrogen and oxygen atoms in total. The third kappa shape index (κ3) is 2.79. The van der Waals surface area contributed by atoms with Crippen LogP contribution in [0.4, 0.5) is 24.9 Å². The van der Waals surface area contributed by atoms with Crippen molar-refractivity contribution in [3.05, 3.63) is 6.33 Å². The van der Waals surface area contributed by atoms with Gasteiger partial charge in [-0.15, -0.1) is 0 Å². The summed E-state index contributed by atoms with van der Waals surface area (Å²) in [4.78, 5) is 14.8. The first-order valence-corrected chi connectivity index (χ1v) is 5.19. The van der Waals surface area contributed by atoms with Gasteiger partial charge in [0.1, 0.15) is 5.52 Å². The fourth-order valence-electron chi connectivity index (χ4n) is 1.40. The van der Waals surface area contributed by atoms with Gasteiger partial charge in [-0.1, -0.05) is 0 Å². The molecule has 0 amide bonds. The van der Waals surface area contributed by atoms with E-state index in [0.29, 0.717) is 22.9 Å². The number of H-pyrrole nitrogens is 1. The van der Waals surface area contributed by atoms with E-state index in [-0.39, 0.29) is 6.54 Å². The summed E-state index contributed by atoms with van der Waals surface area (Å²) in [7, 11) is 1.62. The van der Waals surface area contributed by atoms with E-state index in [4.69, 9.17) is 0 Å². The molecular weight excluding hydrogens is 249 g/mol. The molecule has 0 aliphatic heterocycles. The van der Waals surface area contributed by atoms with Crippen LogP contribution in [0.1, 0.15) is 6.42 Å². The van der Waals surface area contributed by atoms with Crippen molar-refractivity contribution in [3.63, 3.8) is 0 Å². The Balaban J connectivity index is 2.18. The number of anilines is 2. The summed E-state index contributed by atoms with van der Waals surface area (Å²) in [5.41, 5.74) is 0.875. The highest BCUT2D eigenvalue weighted by atomic mass is 19.4. The third-order valence-electron chi connectivity index (χ3n) is 2.21. The van der Waals surface area contributed by atoms with E-state index in [2.05, 4.69) is 30.6 Å². The van der Waals surface area contributed by atoms with Gasteiger partial charge in [0.2, 0.25) is 5.95 Å². The normalized spacial score (nSPS) is 11.8. The monoisotopic (exact) mass is 260 g/mol. The second-order valence-corrected chi connectivity index (χ2v) is 3.54. The third-order valence-corrected chi connectivity index (χ3v) is 2.21. The molecule has 0 spiro atoms. The van der Waals surface area contributed by atoms with Crippen LogP contribution in [0.3, 0.4) is 0 Å². The molecule has 2 heterocycles. The van der Waals surface area contributed by atoms with Crippen LogP contribution in [0, 0.1) is 0 Å². The number of alkyl halides is 3. The summed E-state index contributed by atoms with van der Waals surface area (Å²) in [6.07, 6.45) is -3.71. The van der Waals surface area contributed by atoms with E-state index < -0.39 is 12.6 Å². The number of nitrogens with zero attached hydrogens (tertiary/aromatic N) is 3. The molecule has 0 bridgehead atoms. The molecule has 2 aromatic rings. The van der Waals surface area contributed by atoms with Crippen molar-refractivity contribution in [1.82, 2.24) is 19.9 Å². The van der Waals surface area contributed by atoms with E-state index >= 15 is 0 Å². The van der Waals surface area contributed by atoms with Gasteiger partial charge >= 0.3 is 6.18 Å². The molecule has 0 aliphatic carbocycles. The Morgan fingerprint density at radius 2 is 2.11 bits per heavy atom. The Bertz CT molecular complexity index is 535. The van der Waals surface area contributed by atoms with Crippen LogP contribution >= 0.6 is 0 Å². The van der Waals surface area contributed by atoms with Crippen molar-refractivity contribution >= 4 is 22.9 Å². The summed E-state index contributed by atoms with van der Waals surface area (Å²) in [6.45, 7) is -0.252. The predicted octanol–water partition coefficient (Wildman–Crippen LogP) is 1.76. The van der Waals surface area contributed by atoms with Crippen molar-refractivity contribution in [2.75, 3.05) is 24.2 Å². The zero-order valence-corrected chi connectivity index (χ0v) is 9.47. The van der Waals surface area contributed by atoms with Gasteiger partial charge in [-0.2, -0.15) is 23.1 Å². The summed E-state index contributed by atoms with van der Waals surface area (Å²) < 4.78 is 36.2. The fourth-order valence-corrected chi connectivity index (χ4v) is 1.40. The highest BCUT2D eigenvalue weighted by Gasteiger charge is 2.26. The van der Waals surface area contributed by atoms with Gasteiger partial charge in [0.25, 0.3) is 0 Å². The first kappa shape index (κ1) is 12.4. The van der Waals surface area contributed by atoms with Gasteiger partial charge in [-0.3, -0.25) is 0 Å². The predicted molar refractivity (Wildman–Crippen MR) is 60.4 cm³/mol. The van der Waals surface area contributed by atoms with Gasteiger partial charge in [0, 0.05) is 13.6 Å². The molecule has 0 aliphatic rings. The molecule has 3 N–H and O–H groups in total. The van der Waals surface area contributed by atoms with Crippen LogP contribution in [-0.4, -0.2) is 39.7 Å². The maximum Gasteiger partial charge on any atom is 0.390 e. The number of hydrogen-bond acceptors (Lipinski definition) is 5. The first-order chi connectivity index (χ1) is 8.49. The van der Waals surface area contributed by atoms with Crippen molar-refractivity contribution < 1.29 is 13.2 Å². The summed E-state index contributed by atoms with van der Waals surface area (Å²) in [5.74, 6) is 0.593. The fraction of sp³-hybridized carbons (Fsp3) is 0.444. The van der Waals surface area contributed by atoms with Gasteiger partial charge < -0.3 is 15.6 Å². The lowest BCUT2D eigenvalue weighted by Gasteiger charge is -2.09. The quantitative estimate of drug-likeness (QED) is 0.780. The van der Waals surface area contributed by atoms with Crippen LogP contribution in [0.15, 0.2) is 6.33 Å². The molecule has 0 fully saturated rings. The van der Waals surface area contributed by atoms with Crippen LogP contribution < -0.4 is 10.6 Å². The number of rotatable bonds is 4. The summed E-state index contributed by atoms with van der Waals surface area (Å²) in [5, 5.41) is 5.34. The van der Waals surface area contributed by atoms with E-state index in [1.54, 1.807) is 7.05 Å². The molecule has 18 heavy (non-hydrogen) atoms. The minimum absolute atomic E-state index is 0.252. The number of fused-ring (bicyclic) bond motifs is 1. The average Bonchev–Trinajstić information content (AvgIpc) is 2.75. The van der Waals surface area contributed by atoms with E-state index in [1.165, 1.54) is 6.33 Å². The van der Waals surface area contributed by atoms with E-state index in [9.17, 15) is 13.2 Å². The zero-order valence-electron chi connectivity index (χ0n) is 9.47. The maximum absolute atomic E-state index is 12.1. The average molecular weight is 260 g/mol. The van der Waals surface area contributed by atoms with Crippen molar-refractivity contribution in [2.24, 2.45) is 0 Å². The standard InChI is InChI=1S/C9H11F3N6/c1-13-8-17-6(14-3-2-9(10,11)12)5-7(18-8)16-4-15-5/h4H,2-3H2,1H3,(H3,13,14,15,16,17,18). The summed E-state index contributed by atoms with van der Waals surface area (Å²) in [6, 6.07) is 0. The Hall–Kier alpha value is -2.06.